The van der Waals surface area contributed by atoms with Crippen LogP contribution in [0.15, 0.2) is 24.3 Å². The van der Waals surface area contributed by atoms with Crippen LogP contribution in [0.4, 0.5) is 0 Å². The van der Waals surface area contributed by atoms with Gasteiger partial charge in [0, 0.05) is 0 Å². The van der Waals surface area contributed by atoms with Gasteiger partial charge in [-0.15, -0.1) is 0 Å². The van der Waals surface area contributed by atoms with Gasteiger partial charge in [-0.05, 0) is 25.8 Å². The number of carbonyl (C=O) groups excluding carboxylic acids is 1. The molecule has 1 rings (SSSR count). The molecule has 1 aromatic rings. The molecule has 3 N–H and O–H groups in total. The van der Waals surface area contributed by atoms with E-state index in [9.17, 15) is 4.79 Å². The average molecular weight is 234 g/mol. The molecule has 3 heteroatoms. The third-order valence-electron chi connectivity index (χ3n) is 2.84. The fourth-order valence-electron chi connectivity index (χ4n) is 1.79. The van der Waals surface area contributed by atoms with E-state index in [4.69, 9.17) is 5.73 Å². The molecule has 1 amide bonds. The fraction of sp³-hybridized carbons (Fsp3) is 0.500. The summed E-state index contributed by atoms with van der Waals surface area (Å²) in [4.78, 5) is 11.8. The Morgan fingerprint density at radius 2 is 2.18 bits per heavy atom. The Labute approximate surface area is 103 Å². The maximum atomic E-state index is 11.8. The Kier molecular flexibility index (Phi) is 5.16. The molecule has 0 saturated carbocycles. The second-order valence-electron chi connectivity index (χ2n) is 4.54. The minimum atomic E-state index is -0.396. The molecular weight excluding hydrogens is 212 g/mol. The predicted octanol–water partition coefficient (Wildman–Crippen LogP) is 2.30. The van der Waals surface area contributed by atoms with Gasteiger partial charge in [0.2, 0.25) is 5.91 Å². The number of nitrogens with one attached hydrogen (secondary N) is 1. The predicted molar refractivity (Wildman–Crippen MR) is 70.6 cm³/mol. The largest absolute Gasteiger partial charge is 0.348 e. The third kappa shape index (κ3) is 4.19. The summed E-state index contributed by atoms with van der Waals surface area (Å²) in [7, 11) is 0. The van der Waals surface area contributed by atoms with Crippen molar-refractivity contribution in [2.45, 2.75) is 45.7 Å². The SMILES string of the molecule is CCC[C@@H](N)C(=O)N[C@@H](C)c1cccc(C)c1. The summed E-state index contributed by atoms with van der Waals surface area (Å²) in [6, 6.07) is 7.75. The molecule has 3 nitrogen and oxygen atoms in total. The smallest absolute Gasteiger partial charge is 0.237 e. The van der Waals surface area contributed by atoms with Crippen LogP contribution in [0.1, 0.15) is 43.9 Å². The monoisotopic (exact) mass is 234 g/mol. The molecular formula is C14H22N2O. The number of hydrogen-bond acceptors (Lipinski definition) is 2. The van der Waals surface area contributed by atoms with Crippen molar-refractivity contribution in [3.63, 3.8) is 0 Å². The molecule has 94 valence electrons. The van der Waals surface area contributed by atoms with Crippen LogP contribution in [0, 0.1) is 6.92 Å². The minimum Gasteiger partial charge on any atom is -0.348 e. The number of nitrogens with two attached hydrogens (primary N) is 1. The first-order valence-electron chi connectivity index (χ1n) is 6.17. The van der Waals surface area contributed by atoms with E-state index in [1.807, 2.05) is 39.0 Å². The summed E-state index contributed by atoms with van der Waals surface area (Å²) in [5.41, 5.74) is 8.08. The lowest BCUT2D eigenvalue weighted by Crippen LogP contribution is -2.41. The molecule has 2 atom stereocenters. The molecule has 0 aliphatic heterocycles. The number of carbonyl (C=O) groups is 1. The summed E-state index contributed by atoms with van der Waals surface area (Å²) < 4.78 is 0. The number of rotatable bonds is 5. The molecule has 0 aliphatic rings. The second kappa shape index (κ2) is 6.40. The lowest BCUT2D eigenvalue weighted by molar-refractivity contribution is -0.123. The van der Waals surface area contributed by atoms with Crippen LogP contribution >= 0.6 is 0 Å². The van der Waals surface area contributed by atoms with E-state index in [0.717, 1.165) is 18.4 Å². The molecule has 0 fully saturated rings. The molecule has 0 bridgehead atoms. The van der Waals surface area contributed by atoms with Gasteiger partial charge < -0.3 is 11.1 Å². The van der Waals surface area contributed by atoms with Crippen LogP contribution in [0.2, 0.25) is 0 Å². The molecule has 0 spiro atoms. The second-order valence-corrected chi connectivity index (χ2v) is 4.54. The van der Waals surface area contributed by atoms with Gasteiger partial charge in [-0.1, -0.05) is 43.2 Å². The molecule has 1 aromatic carbocycles. The van der Waals surface area contributed by atoms with Gasteiger partial charge in [0.25, 0.3) is 0 Å². The minimum absolute atomic E-state index is 0.00491. The molecule has 0 heterocycles. The van der Waals surface area contributed by atoms with Crippen LogP contribution in [0.3, 0.4) is 0 Å². The third-order valence-corrected chi connectivity index (χ3v) is 2.84. The zero-order valence-corrected chi connectivity index (χ0v) is 10.9. The lowest BCUT2D eigenvalue weighted by Gasteiger charge is -2.18. The van der Waals surface area contributed by atoms with Crippen LogP contribution < -0.4 is 11.1 Å². The highest BCUT2D eigenvalue weighted by atomic mass is 16.2. The maximum absolute atomic E-state index is 11.8. The molecule has 0 aliphatic carbocycles. The number of benzene rings is 1. The molecule has 0 unspecified atom stereocenters. The van der Waals surface area contributed by atoms with Gasteiger partial charge in [-0.3, -0.25) is 4.79 Å². The van der Waals surface area contributed by atoms with Crippen molar-refractivity contribution in [1.82, 2.24) is 5.32 Å². The van der Waals surface area contributed by atoms with Crippen LogP contribution in [-0.2, 0) is 4.79 Å². The Hall–Kier alpha value is -1.35. The van der Waals surface area contributed by atoms with Crippen molar-refractivity contribution < 1.29 is 4.79 Å². The lowest BCUT2D eigenvalue weighted by atomic mass is 10.0. The van der Waals surface area contributed by atoms with Crippen molar-refractivity contribution >= 4 is 5.91 Å². The van der Waals surface area contributed by atoms with Gasteiger partial charge in [0.1, 0.15) is 0 Å². The fourth-order valence-corrected chi connectivity index (χ4v) is 1.79. The first-order chi connectivity index (χ1) is 8.04. The summed E-state index contributed by atoms with van der Waals surface area (Å²) in [5, 5.41) is 2.94. The van der Waals surface area contributed by atoms with E-state index in [1.165, 1.54) is 5.56 Å². The van der Waals surface area contributed by atoms with Crippen molar-refractivity contribution in [3.8, 4) is 0 Å². The summed E-state index contributed by atoms with van der Waals surface area (Å²) in [6.45, 7) is 6.04. The van der Waals surface area contributed by atoms with Gasteiger partial charge in [0.15, 0.2) is 0 Å². The Morgan fingerprint density at radius 3 is 2.76 bits per heavy atom. The van der Waals surface area contributed by atoms with Gasteiger partial charge in [-0.25, -0.2) is 0 Å². The summed E-state index contributed by atoms with van der Waals surface area (Å²) in [6.07, 6.45) is 1.65. The first kappa shape index (κ1) is 13.7. The number of amides is 1. The van der Waals surface area contributed by atoms with E-state index in [0.29, 0.717) is 0 Å². The van der Waals surface area contributed by atoms with E-state index >= 15 is 0 Å². The topological polar surface area (TPSA) is 55.1 Å². The van der Waals surface area contributed by atoms with Gasteiger partial charge in [0.05, 0.1) is 12.1 Å². The maximum Gasteiger partial charge on any atom is 0.237 e. The van der Waals surface area contributed by atoms with Crippen molar-refractivity contribution in [2.75, 3.05) is 0 Å². The average Bonchev–Trinajstić information content (AvgIpc) is 2.29. The molecule has 0 aromatic heterocycles. The Balaban J connectivity index is 2.60. The Bertz CT molecular complexity index is 376. The van der Waals surface area contributed by atoms with E-state index in [-0.39, 0.29) is 11.9 Å². The van der Waals surface area contributed by atoms with Crippen LogP contribution in [0.5, 0.6) is 0 Å². The van der Waals surface area contributed by atoms with Crippen molar-refractivity contribution in [3.05, 3.63) is 35.4 Å². The highest BCUT2D eigenvalue weighted by Crippen LogP contribution is 2.13. The highest BCUT2D eigenvalue weighted by molar-refractivity contribution is 5.81. The standard InChI is InChI=1S/C14H22N2O/c1-4-6-13(15)14(17)16-11(3)12-8-5-7-10(2)9-12/h5,7-9,11,13H,4,6,15H2,1-3H3,(H,16,17)/t11-,13+/m0/s1. The van der Waals surface area contributed by atoms with E-state index in [2.05, 4.69) is 11.4 Å². The normalized spacial score (nSPS) is 14.1. The summed E-state index contributed by atoms with van der Waals surface area (Å²) >= 11 is 0. The van der Waals surface area contributed by atoms with Crippen LogP contribution in [0.25, 0.3) is 0 Å². The highest BCUT2D eigenvalue weighted by Gasteiger charge is 2.15. The van der Waals surface area contributed by atoms with Crippen LogP contribution in [-0.4, -0.2) is 11.9 Å². The molecule has 17 heavy (non-hydrogen) atoms. The van der Waals surface area contributed by atoms with Gasteiger partial charge in [-0.2, -0.15) is 0 Å². The quantitative estimate of drug-likeness (QED) is 0.821. The molecule has 0 radical (unpaired) electrons. The zero-order valence-electron chi connectivity index (χ0n) is 10.9. The van der Waals surface area contributed by atoms with E-state index in [1.54, 1.807) is 0 Å². The Morgan fingerprint density at radius 1 is 1.47 bits per heavy atom. The van der Waals surface area contributed by atoms with Gasteiger partial charge >= 0.3 is 0 Å². The first-order valence-corrected chi connectivity index (χ1v) is 6.17. The summed E-state index contributed by atoms with van der Waals surface area (Å²) in [5.74, 6) is -0.0687. The number of aryl methyl sites for hydroxylation is 1. The molecule has 0 saturated heterocycles. The van der Waals surface area contributed by atoms with Crippen molar-refractivity contribution in [2.24, 2.45) is 5.73 Å². The van der Waals surface area contributed by atoms with E-state index < -0.39 is 6.04 Å². The zero-order chi connectivity index (χ0) is 12.8. The van der Waals surface area contributed by atoms with Crippen molar-refractivity contribution in [1.29, 1.82) is 0 Å². The number of hydrogen-bond donors (Lipinski definition) is 2.